The minimum Gasteiger partial charge on any atom is -0.438 e. The Bertz CT molecular complexity index is 810. The van der Waals surface area contributed by atoms with E-state index in [0.717, 1.165) is 11.1 Å². The molecule has 2 aromatic carbocycles. The maximum absolute atomic E-state index is 13.2. The zero-order chi connectivity index (χ0) is 19.4. The highest BCUT2D eigenvalue weighted by molar-refractivity contribution is 5.74. The lowest BCUT2D eigenvalue weighted by molar-refractivity contribution is -0.121. The zero-order valence-corrected chi connectivity index (χ0v) is 15.2. The second kappa shape index (κ2) is 7.78. The van der Waals surface area contributed by atoms with Gasteiger partial charge in [0.25, 0.3) is 0 Å². The van der Waals surface area contributed by atoms with Crippen LogP contribution >= 0.6 is 0 Å². The Balaban J connectivity index is 1.82. The number of carbonyl (C=O) groups excluding carboxylic acids is 2. The lowest BCUT2D eigenvalue weighted by Crippen LogP contribution is -2.49. The molecule has 5 nitrogen and oxygen atoms in total. The Kier molecular flexibility index (Phi) is 5.44. The van der Waals surface area contributed by atoms with E-state index in [1.165, 1.54) is 12.1 Å². The van der Waals surface area contributed by atoms with E-state index in [9.17, 15) is 14.0 Å². The van der Waals surface area contributed by atoms with Gasteiger partial charge in [-0.1, -0.05) is 42.5 Å². The van der Waals surface area contributed by atoms with Crippen LogP contribution < -0.4 is 5.73 Å². The largest absolute Gasteiger partial charge is 0.438 e. The number of benzene rings is 2. The van der Waals surface area contributed by atoms with Crippen LogP contribution in [0.5, 0.6) is 0 Å². The first kappa shape index (κ1) is 18.9. The molecule has 2 atom stereocenters. The van der Waals surface area contributed by atoms with Gasteiger partial charge in [-0.3, -0.25) is 4.79 Å². The van der Waals surface area contributed by atoms with Gasteiger partial charge in [0.05, 0.1) is 6.04 Å². The molecule has 2 N–H and O–H groups in total. The number of amides is 2. The van der Waals surface area contributed by atoms with Crippen LogP contribution in [0, 0.1) is 5.82 Å². The predicted octanol–water partition coefficient (Wildman–Crippen LogP) is 3.89. The second-order valence-corrected chi connectivity index (χ2v) is 6.87. The highest BCUT2D eigenvalue weighted by Crippen LogP contribution is 2.40. The van der Waals surface area contributed by atoms with Gasteiger partial charge >= 0.3 is 6.09 Å². The van der Waals surface area contributed by atoms with Gasteiger partial charge in [0, 0.05) is 25.8 Å². The Morgan fingerprint density at radius 1 is 1.22 bits per heavy atom. The molecule has 1 fully saturated rings. The van der Waals surface area contributed by atoms with Gasteiger partial charge in [0.15, 0.2) is 0 Å². The summed E-state index contributed by atoms with van der Waals surface area (Å²) in [4.78, 5) is 25.8. The fraction of sp³-hybridized carbons (Fsp3) is 0.333. The maximum Gasteiger partial charge on any atom is 0.411 e. The van der Waals surface area contributed by atoms with Crippen LogP contribution in [0.25, 0.3) is 0 Å². The van der Waals surface area contributed by atoms with E-state index in [1.807, 2.05) is 37.3 Å². The summed E-state index contributed by atoms with van der Waals surface area (Å²) in [5.41, 5.74) is 6.14. The molecule has 1 aliphatic heterocycles. The van der Waals surface area contributed by atoms with E-state index in [1.54, 1.807) is 17.0 Å². The van der Waals surface area contributed by atoms with Crippen LogP contribution in [-0.2, 0) is 15.1 Å². The predicted molar refractivity (Wildman–Crippen MR) is 99.2 cm³/mol. The van der Waals surface area contributed by atoms with Crippen molar-refractivity contribution in [2.45, 2.75) is 37.8 Å². The number of rotatable bonds is 6. The van der Waals surface area contributed by atoms with Crippen molar-refractivity contribution in [1.29, 1.82) is 0 Å². The summed E-state index contributed by atoms with van der Waals surface area (Å²) in [6.45, 7) is 2.35. The monoisotopic (exact) mass is 370 g/mol. The Labute approximate surface area is 157 Å². The van der Waals surface area contributed by atoms with Crippen LogP contribution in [-0.4, -0.2) is 23.4 Å². The van der Waals surface area contributed by atoms with E-state index in [-0.39, 0.29) is 18.3 Å². The van der Waals surface area contributed by atoms with E-state index < -0.39 is 17.6 Å². The molecule has 1 saturated heterocycles. The van der Waals surface area contributed by atoms with Crippen LogP contribution in [0.2, 0.25) is 0 Å². The normalized spacial score (nSPS) is 20.8. The van der Waals surface area contributed by atoms with E-state index in [4.69, 9.17) is 10.5 Å². The molecule has 0 unspecified atom stereocenters. The average Bonchev–Trinajstić information content (AvgIpc) is 2.67. The number of hydrogen-bond acceptors (Lipinski definition) is 3. The third-order valence-corrected chi connectivity index (χ3v) is 5.17. The van der Waals surface area contributed by atoms with Crippen LogP contribution in [0.3, 0.4) is 0 Å². The molecule has 0 bridgehead atoms. The molecule has 6 heteroatoms. The van der Waals surface area contributed by atoms with Crippen molar-refractivity contribution < 1.29 is 18.7 Å². The molecular formula is C21H23FN2O3. The Hall–Kier alpha value is -2.89. The van der Waals surface area contributed by atoms with Crippen molar-refractivity contribution in [3.8, 4) is 0 Å². The van der Waals surface area contributed by atoms with Crippen molar-refractivity contribution in [3.05, 3.63) is 71.5 Å². The summed E-state index contributed by atoms with van der Waals surface area (Å²) in [6, 6.07) is 15.3. The molecule has 2 amide bonds. The Morgan fingerprint density at radius 2 is 1.89 bits per heavy atom. The first-order valence-corrected chi connectivity index (χ1v) is 9.00. The number of carbonyl (C=O) groups is 2. The van der Waals surface area contributed by atoms with Crippen molar-refractivity contribution in [3.63, 3.8) is 0 Å². The summed E-state index contributed by atoms with van der Waals surface area (Å²) >= 11 is 0. The van der Waals surface area contributed by atoms with Crippen LogP contribution in [0.1, 0.15) is 43.4 Å². The third-order valence-electron chi connectivity index (χ3n) is 5.17. The molecule has 0 saturated carbocycles. The molecule has 1 heterocycles. The summed E-state index contributed by atoms with van der Waals surface area (Å²) in [6.07, 6.45) is 0.570. The van der Waals surface area contributed by atoms with Crippen molar-refractivity contribution in [1.82, 2.24) is 4.90 Å². The van der Waals surface area contributed by atoms with E-state index >= 15 is 0 Å². The third kappa shape index (κ3) is 4.10. The van der Waals surface area contributed by atoms with Gasteiger partial charge in [-0.25, -0.2) is 9.18 Å². The number of hydrogen-bond donors (Lipinski definition) is 1. The average molecular weight is 370 g/mol. The Morgan fingerprint density at radius 3 is 2.48 bits per heavy atom. The van der Waals surface area contributed by atoms with Gasteiger partial charge < -0.3 is 15.4 Å². The van der Waals surface area contributed by atoms with E-state index in [2.05, 4.69) is 0 Å². The van der Waals surface area contributed by atoms with Crippen molar-refractivity contribution >= 4 is 12.0 Å². The fourth-order valence-electron chi connectivity index (χ4n) is 3.53. The highest BCUT2D eigenvalue weighted by Gasteiger charge is 2.43. The minimum atomic E-state index is -0.869. The smallest absolute Gasteiger partial charge is 0.411 e. The highest BCUT2D eigenvalue weighted by atomic mass is 19.1. The number of primary amides is 1. The number of halogens is 1. The molecule has 3 rings (SSSR count). The number of nitrogens with two attached hydrogens (primary N) is 1. The van der Waals surface area contributed by atoms with Crippen LogP contribution in [0.15, 0.2) is 54.6 Å². The van der Waals surface area contributed by atoms with Gasteiger partial charge in [0.1, 0.15) is 11.4 Å². The minimum absolute atomic E-state index is 0.135. The molecule has 1 aliphatic rings. The summed E-state index contributed by atoms with van der Waals surface area (Å²) in [5, 5.41) is 0. The molecule has 0 aromatic heterocycles. The summed E-state index contributed by atoms with van der Waals surface area (Å²) in [7, 11) is 0. The first-order valence-electron chi connectivity index (χ1n) is 9.00. The second-order valence-electron chi connectivity index (χ2n) is 6.87. The van der Waals surface area contributed by atoms with E-state index in [0.29, 0.717) is 19.4 Å². The maximum atomic E-state index is 13.2. The lowest BCUT2D eigenvalue weighted by atomic mass is 9.84. The fourth-order valence-corrected chi connectivity index (χ4v) is 3.53. The molecule has 0 aliphatic carbocycles. The molecule has 142 valence electrons. The zero-order valence-electron chi connectivity index (χ0n) is 15.2. The van der Waals surface area contributed by atoms with Crippen molar-refractivity contribution in [2.24, 2.45) is 5.73 Å². The molecule has 27 heavy (non-hydrogen) atoms. The number of ether oxygens (including phenoxy) is 1. The van der Waals surface area contributed by atoms with Crippen molar-refractivity contribution in [2.75, 3.05) is 6.54 Å². The quantitative estimate of drug-likeness (QED) is 0.838. The van der Waals surface area contributed by atoms with Gasteiger partial charge in [-0.2, -0.15) is 0 Å². The molecule has 0 spiro atoms. The molecule has 0 radical (unpaired) electrons. The lowest BCUT2D eigenvalue weighted by Gasteiger charge is -2.43. The van der Waals surface area contributed by atoms with Gasteiger partial charge in [-0.15, -0.1) is 0 Å². The number of cyclic esters (lactones) is 1. The summed E-state index contributed by atoms with van der Waals surface area (Å²) < 4.78 is 19.1. The SMILES string of the molecule is C[C@@H](c1ccc(F)cc1)N1CC[C@@](CCC(N)=O)(c2ccccc2)OC1=O. The first-order chi connectivity index (χ1) is 12.9. The topological polar surface area (TPSA) is 72.6 Å². The summed E-state index contributed by atoms with van der Waals surface area (Å²) in [5.74, 6) is -0.745. The standard InChI is InChI=1S/C21H23FN2O3/c1-15(16-7-9-18(22)10-8-16)24-14-13-21(27-20(24)26,12-11-19(23)25)17-5-3-2-4-6-17/h2-10,15H,11-14H2,1H3,(H2,23,25)/t15-,21-/m0/s1. The van der Waals surface area contributed by atoms with Crippen LogP contribution in [0.4, 0.5) is 9.18 Å². The van der Waals surface area contributed by atoms with Gasteiger partial charge in [-0.05, 0) is 30.2 Å². The molecule has 2 aromatic rings. The van der Waals surface area contributed by atoms with Gasteiger partial charge in [0.2, 0.25) is 5.91 Å². The molecular weight excluding hydrogens is 347 g/mol. The number of nitrogens with zero attached hydrogens (tertiary/aromatic N) is 1.